The van der Waals surface area contributed by atoms with Crippen molar-refractivity contribution in [2.24, 2.45) is 5.92 Å². The van der Waals surface area contributed by atoms with Crippen molar-refractivity contribution in [1.82, 2.24) is 10.6 Å². The molecular weight excluding hydrogens is 436 g/mol. The number of amides is 2. The maximum Gasteiger partial charge on any atom is 0.226 e. The molecule has 2 N–H and O–H groups in total. The Morgan fingerprint density at radius 1 is 0.848 bits per heavy atom. The van der Waals surface area contributed by atoms with Crippen molar-refractivity contribution in [2.75, 3.05) is 5.88 Å². The summed E-state index contributed by atoms with van der Waals surface area (Å²) in [5, 5.41) is 6.02. The fourth-order valence-electron chi connectivity index (χ4n) is 3.85. The van der Waals surface area contributed by atoms with Crippen LogP contribution in [0.4, 0.5) is 0 Å². The van der Waals surface area contributed by atoms with Gasteiger partial charge in [0, 0.05) is 12.5 Å². The van der Waals surface area contributed by atoms with E-state index in [4.69, 9.17) is 11.6 Å². The number of benzene rings is 2. The van der Waals surface area contributed by atoms with Crippen LogP contribution < -0.4 is 10.6 Å². The van der Waals surface area contributed by atoms with Crippen LogP contribution in [0, 0.1) is 5.92 Å². The van der Waals surface area contributed by atoms with Crippen molar-refractivity contribution in [1.29, 1.82) is 0 Å². The number of Topliss-reactive ketones (excluding diaryl/α,β-unsaturated/α-hetero) is 1. The van der Waals surface area contributed by atoms with Gasteiger partial charge in [0.1, 0.15) is 0 Å². The summed E-state index contributed by atoms with van der Waals surface area (Å²) in [4.78, 5) is 38.4. The molecule has 0 aliphatic rings. The van der Waals surface area contributed by atoms with Gasteiger partial charge in [-0.3, -0.25) is 14.4 Å². The van der Waals surface area contributed by atoms with Crippen molar-refractivity contribution < 1.29 is 14.4 Å². The van der Waals surface area contributed by atoms with Crippen molar-refractivity contribution in [3.63, 3.8) is 0 Å². The largest absolute Gasteiger partial charge is 0.352 e. The molecule has 6 heteroatoms. The molecule has 0 bridgehead atoms. The van der Waals surface area contributed by atoms with Crippen LogP contribution in [0.5, 0.6) is 0 Å². The molecule has 0 fully saturated rings. The summed E-state index contributed by atoms with van der Waals surface area (Å²) in [6.07, 6.45) is 3.57. The Morgan fingerprint density at radius 3 is 1.94 bits per heavy atom. The molecule has 0 aliphatic heterocycles. The van der Waals surface area contributed by atoms with E-state index in [0.717, 1.165) is 24.0 Å². The van der Waals surface area contributed by atoms with Gasteiger partial charge in [-0.1, -0.05) is 87.4 Å². The molecule has 33 heavy (non-hydrogen) atoms. The number of rotatable bonds is 14. The first-order valence-electron chi connectivity index (χ1n) is 11.7. The lowest BCUT2D eigenvalue weighted by Gasteiger charge is -2.29. The Bertz CT molecular complexity index is 873. The topological polar surface area (TPSA) is 75.3 Å². The lowest BCUT2D eigenvalue weighted by atomic mass is 9.86. The molecule has 0 radical (unpaired) electrons. The van der Waals surface area contributed by atoms with Crippen LogP contribution in [0.1, 0.15) is 50.7 Å². The highest BCUT2D eigenvalue weighted by atomic mass is 35.5. The first-order valence-corrected chi connectivity index (χ1v) is 12.3. The summed E-state index contributed by atoms with van der Waals surface area (Å²) < 4.78 is 0. The molecule has 178 valence electrons. The van der Waals surface area contributed by atoms with Crippen LogP contribution >= 0.6 is 11.6 Å². The maximum atomic E-state index is 13.6. The molecule has 2 aromatic rings. The van der Waals surface area contributed by atoms with Crippen LogP contribution in [0.25, 0.3) is 0 Å². The standard InChI is InChI=1S/C27H35ClN2O3/c1-3-5-16-23(25(31)19-28)30-27(33)22(17-20-12-8-6-9-13-20)24(29-26(32)4-2)18-21-14-10-7-11-15-21/h6-15,22-24H,3-5,16-19H2,1-2H3,(H,29,32)(H,30,33). The van der Waals surface area contributed by atoms with E-state index < -0.39 is 18.0 Å². The van der Waals surface area contributed by atoms with Gasteiger partial charge in [0.15, 0.2) is 5.78 Å². The van der Waals surface area contributed by atoms with Crippen LogP contribution in [-0.4, -0.2) is 35.6 Å². The van der Waals surface area contributed by atoms with Crippen LogP contribution in [-0.2, 0) is 27.2 Å². The van der Waals surface area contributed by atoms with Gasteiger partial charge in [0.05, 0.1) is 17.8 Å². The summed E-state index contributed by atoms with van der Waals surface area (Å²) in [6.45, 7) is 3.83. The van der Waals surface area contributed by atoms with E-state index in [-0.39, 0.29) is 23.5 Å². The zero-order valence-corrected chi connectivity index (χ0v) is 20.3. The van der Waals surface area contributed by atoms with E-state index >= 15 is 0 Å². The number of ketones is 1. The predicted octanol–water partition coefficient (Wildman–Crippen LogP) is 4.47. The fourth-order valence-corrected chi connectivity index (χ4v) is 4.04. The van der Waals surface area contributed by atoms with Gasteiger partial charge >= 0.3 is 0 Å². The third-order valence-electron chi connectivity index (χ3n) is 5.77. The Hall–Kier alpha value is -2.66. The molecule has 3 unspecified atom stereocenters. The number of hydrogen-bond acceptors (Lipinski definition) is 3. The number of carbonyl (C=O) groups excluding carboxylic acids is 3. The average molecular weight is 471 g/mol. The van der Waals surface area contributed by atoms with Crippen LogP contribution in [0.2, 0.25) is 0 Å². The van der Waals surface area contributed by atoms with Gasteiger partial charge < -0.3 is 10.6 Å². The number of unbranched alkanes of at least 4 members (excludes halogenated alkanes) is 1. The molecule has 2 amide bonds. The Kier molecular flexibility index (Phi) is 11.7. The smallest absolute Gasteiger partial charge is 0.226 e. The third kappa shape index (κ3) is 9.01. The number of hydrogen-bond donors (Lipinski definition) is 2. The fraction of sp³-hybridized carbons (Fsp3) is 0.444. The average Bonchev–Trinajstić information content (AvgIpc) is 2.85. The van der Waals surface area contributed by atoms with E-state index in [9.17, 15) is 14.4 Å². The lowest BCUT2D eigenvalue weighted by Crippen LogP contribution is -2.52. The summed E-state index contributed by atoms with van der Waals surface area (Å²) in [7, 11) is 0. The van der Waals surface area contributed by atoms with Crippen LogP contribution in [0.3, 0.4) is 0 Å². The summed E-state index contributed by atoms with van der Waals surface area (Å²) >= 11 is 5.82. The second-order valence-corrected chi connectivity index (χ2v) is 8.58. The molecule has 5 nitrogen and oxygen atoms in total. The second kappa shape index (κ2) is 14.5. The molecule has 0 spiro atoms. The summed E-state index contributed by atoms with van der Waals surface area (Å²) in [5.74, 6) is -1.22. The maximum absolute atomic E-state index is 13.6. The lowest BCUT2D eigenvalue weighted by molar-refractivity contribution is -0.131. The summed E-state index contributed by atoms with van der Waals surface area (Å²) in [6, 6.07) is 18.5. The molecule has 0 saturated carbocycles. The molecule has 0 saturated heterocycles. The van der Waals surface area contributed by atoms with Gasteiger partial charge in [0.25, 0.3) is 0 Å². The minimum Gasteiger partial charge on any atom is -0.352 e. The van der Waals surface area contributed by atoms with E-state index in [0.29, 0.717) is 25.7 Å². The van der Waals surface area contributed by atoms with Crippen LogP contribution in [0.15, 0.2) is 60.7 Å². The third-order valence-corrected chi connectivity index (χ3v) is 6.03. The number of carbonyl (C=O) groups is 3. The molecule has 0 heterocycles. The molecule has 2 aromatic carbocycles. The Balaban J connectivity index is 2.35. The minimum absolute atomic E-state index is 0.110. The molecule has 0 aliphatic carbocycles. The predicted molar refractivity (Wildman–Crippen MR) is 133 cm³/mol. The highest BCUT2D eigenvalue weighted by molar-refractivity contribution is 6.28. The van der Waals surface area contributed by atoms with Gasteiger partial charge in [-0.2, -0.15) is 0 Å². The molecule has 2 rings (SSSR count). The molecular formula is C27H35ClN2O3. The van der Waals surface area contributed by atoms with E-state index in [2.05, 4.69) is 10.6 Å². The minimum atomic E-state index is -0.618. The van der Waals surface area contributed by atoms with Crippen molar-refractivity contribution >= 4 is 29.2 Å². The number of halogens is 1. The van der Waals surface area contributed by atoms with E-state index in [1.165, 1.54) is 0 Å². The zero-order valence-electron chi connectivity index (χ0n) is 19.6. The van der Waals surface area contributed by atoms with Crippen molar-refractivity contribution in [2.45, 2.75) is 64.5 Å². The monoisotopic (exact) mass is 470 g/mol. The molecule has 0 aromatic heterocycles. The number of nitrogens with one attached hydrogen (secondary N) is 2. The first kappa shape index (κ1) is 26.6. The van der Waals surface area contributed by atoms with Gasteiger partial charge in [0.2, 0.25) is 11.8 Å². The molecule has 3 atom stereocenters. The van der Waals surface area contributed by atoms with Gasteiger partial charge in [-0.15, -0.1) is 11.6 Å². The highest BCUT2D eigenvalue weighted by Gasteiger charge is 2.32. The van der Waals surface area contributed by atoms with Gasteiger partial charge in [-0.25, -0.2) is 0 Å². The zero-order chi connectivity index (χ0) is 24.1. The second-order valence-electron chi connectivity index (χ2n) is 8.32. The Labute approximate surface area is 202 Å². The summed E-state index contributed by atoms with van der Waals surface area (Å²) in [5.41, 5.74) is 2.03. The van der Waals surface area contributed by atoms with Gasteiger partial charge in [-0.05, 0) is 30.4 Å². The highest BCUT2D eigenvalue weighted by Crippen LogP contribution is 2.19. The van der Waals surface area contributed by atoms with Crippen molar-refractivity contribution in [3.8, 4) is 0 Å². The van der Waals surface area contributed by atoms with E-state index in [1.54, 1.807) is 6.92 Å². The number of alkyl halides is 1. The normalized spacial score (nSPS) is 13.5. The Morgan fingerprint density at radius 2 is 1.42 bits per heavy atom. The quantitative estimate of drug-likeness (QED) is 0.400. The SMILES string of the molecule is CCCCC(NC(=O)C(Cc1ccccc1)C(Cc1ccccc1)NC(=O)CC)C(=O)CCl. The van der Waals surface area contributed by atoms with E-state index in [1.807, 2.05) is 67.6 Å². The van der Waals surface area contributed by atoms with Crippen molar-refractivity contribution in [3.05, 3.63) is 71.8 Å². The first-order chi connectivity index (χ1) is 16.0.